The maximum Gasteiger partial charge on any atom is 0.277 e. The molecule has 0 atom stereocenters. The molecule has 0 unspecified atom stereocenters. The highest BCUT2D eigenvalue weighted by molar-refractivity contribution is 9.10. The summed E-state index contributed by atoms with van der Waals surface area (Å²) in [5.41, 5.74) is 3.20. The lowest BCUT2D eigenvalue weighted by molar-refractivity contribution is 0.0949. The zero-order chi connectivity index (χ0) is 18.1. The summed E-state index contributed by atoms with van der Waals surface area (Å²) in [7, 11) is 0. The Balaban J connectivity index is 1.79. The van der Waals surface area contributed by atoms with Crippen LogP contribution in [0.15, 0.2) is 22.7 Å². The van der Waals surface area contributed by atoms with Crippen LogP contribution in [0.1, 0.15) is 64.7 Å². The molecular formula is C18H21BrN4O2. The fourth-order valence-electron chi connectivity index (χ4n) is 2.45. The van der Waals surface area contributed by atoms with Crippen LogP contribution in [-0.4, -0.2) is 28.1 Å². The number of nitrogens with zero attached hydrogens (tertiary/aromatic N) is 1. The fourth-order valence-corrected chi connectivity index (χ4v) is 3.27. The minimum absolute atomic E-state index is 0.110. The van der Waals surface area contributed by atoms with Gasteiger partial charge in [0.05, 0.1) is 10.2 Å². The molecule has 1 fully saturated rings. The first-order chi connectivity index (χ1) is 11.9. The van der Waals surface area contributed by atoms with Crippen LogP contribution in [0, 0.1) is 6.92 Å². The van der Waals surface area contributed by atoms with Crippen molar-refractivity contribution < 1.29 is 9.59 Å². The van der Waals surface area contributed by atoms with E-state index in [0.29, 0.717) is 27.5 Å². The Labute approximate surface area is 154 Å². The molecule has 1 saturated carbocycles. The summed E-state index contributed by atoms with van der Waals surface area (Å²) in [6.45, 7) is 5.93. The highest BCUT2D eigenvalue weighted by Crippen LogP contribution is 2.27. The molecule has 2 aromatic rings. The molecule has 0 saturated heterocycles. The van der Waals surface area contributed by atoms with Crippen molar-refractivity contribution >= 4 is 33.4 Å². The van der Waals surface area contributed by atoms with E-state index in [2.05, 4.69) is 36.8 Å². The summed E-state index contributed by atoms with van der Waals surface area (Å²) < 4.78 is 0.667. The molecule has 0 aliphatic heterocycles. The van der Waals surface area contributed by atoms with Gasteiger partial charge in [-0.25, -0.2) is 0 Å². The monoisotopic (exact) mass is 404 g/mol. The molecule has 3 rings (SSSR count). The molecule has 25 heavy (non-hydrogen) atoms. The Morgan fingerprint density at radius 3 is 2.60 bits per heavy atom. The van der Waals surface area contributed by atoms with Crippen molar-refractivity contribution in [3.8, 4) is 0 Å². The summed E-state index contributed by atoms with van der Waals surface area (Å²) in [5.74, 6) is -0.210. The topological polar surface area (TPSA) is 86.9 Å². The van der Waals surface area contributed by atoms with E-state index in [0.717, 1.165) is 24.1 Å². The summed E-state index contributed by atoms with van der Waals surface area (Å²) in [5, 5.41) is 12.8. The Morgan fingerprint density at radius 1 is 1.28 bits per heavy atom. The van der Waals surface area contributed by atoms with E-state index in [1.54, 1.807) is 12.1 Å². The number of nitrogens with one attached hydrogen (secondary N) is 3. The molecule has 1 aromatic heterocycles. The smallest absolute Gasteiger partial charge is 0.277 e. The minimum Gasteiger partial charge on any atom is -0.349 e. The van der Waals surface area contributed by atoms with Crippen LogP contribution in [-0.2, 0) is 0 Å². The quantitative estimate of drug-likeness (QED) is 0.708. The van der Waals surface area contributed by atoms with Gasteiger partial charge in [0.2, 0.25) is 0 Å². The highest BCUT2D eigenvalue weighted by Gasteiger charge is 2.24. The normalized spacial score (nSPS) is 13.8. The van der Waals surface area contributed by atoms with Crippen molar-refractivity contribution in [2.75, 3.05) is 5.32 Å². The number of carbonyl (C=O) groups excluding carboxylic acids is 2. The lowest BCUT2D eigenvalue weighted by atomic mass is 10.1. The number of rotatable bonds is 5. The Bertz CT molecular complexity index is 824. The largest absolute Gasteiger partial charge is 0.349 e. The second-order valence-corrected chi connectivity index (χ2v) is 7.48. The van der Waals surface area contributed by atoms with Gasteiger partial charge in [0.25, 0.3) is 11.8 Å². The summed E-state index contributed by atoms with van der Waals surface area (Å²) >= 11 is 3.44. The van der Waals surface area contributed by atoms with Crippen LogP contribution >= 0.6 is 15.9 Å². The molecule has 6 nitrogen and oxygen atoms in total. The standard InChI is InChI=1S/C18H21BrN4O2/c1-9(2)15-14(19)16(23-22-15)18(25)21-13-8-11(5-4-10(13)3)17(24)20-12-6-7-12/h4-5,8-9,12H,6-7H2,1-3H3,(H,20,24)(H,21,25)(H,22,23). The number of halogens is 1. The lowest BCUT2D eigenvalue weighted by Crippen LogP contribution is -2.25. The van der Waals surface area contributed by atoms with Crippen molar-refractivity contribution in [1.29, 1.82) is 0 Å². The second kappa shape index (κ2) is 7.00. The number of anilines is 1. The first-order valence-electron chi connectivity index (χ1n) is 8.33. The molecule has 3 N–H and O–H groups in total. The van der Waals surface area contributed by atoms with Gasteiger partial charge >= 0.3 is 0 Å². The molecule has 0 radical (unpaired) electrons. The van der Waals surface area contributed by atoms with Crippen molar-refractivity contribution in [2.45, 2.75) is 45.6 Å². The Kier molecular flexibility index (Phi) is 4.94. The Morgan fingerprint density at radius 2 is 2.00 bits per heavy atom. The molecule has 1 aromatic carbocycles. The number of aromatic amines is 1. The highest BCUT2D eigenvalue weighted by atomic mass is 79.9. The van der Waals surface area contributed by atoms with Gasteiger partial charge in [-0.2, -0.15) is 5.10 Å². The maximum absolute atomic E-state index is 12.6. The average Bonchev–Trinajstić information content (AvgIpc) is 3.28. The second-order valence-electron chi connectivity index (χ2n) is 6.69. The van der Waals surface area contributed by atoms with Crippen molar-refractivity contribution in [3.05, 3.63) is 45.2 Å². The van der Waals surface area contributed by atoms with Gasteiger partial charge < -0.3 is 10.6 Å². The van der Waals surface area contributed by atoms with Gasteiger partial charge in [0, 0.05) is 17.3 Å². The predicted molar refractivity (Wildman–Crippen MR) is 100.0 cm³/mol. The van der Waals surface area contributed by atoms with E-state index in [1.807, 2.05) is 26.8 Å². The van der Waals surface area contributed by atoms with E-state index < -0.39 is 0 Å². The molecule has 1 heterocycles. The number of H-pyrrole nitrogens is 1. The van der Waals surface area contributed by atoms with E-state index in [-0.39, 0.29) is 17.7 Å². The van der Waals surface area contributed by atoms with Crippen molar-refractivity contribution in [3.63, 3.8) is 0 Å². The number of hydrogen-bond donors (Lipinski definition) is 3. The maximum atomic E-state index is 12.6. The van der Waals surface area contributed by atoms with Crippen LogP contribution < -0.4 is 10.6 Å². The molecule has 132 valence electrons. The van der Waals surface area contributed by atoms with Gasteiger partial charge in [-0.3, -0.25) is 14.7 Å². The van der Waals surface area contributed by atoms with Crippen LogP contribution in [0.4, 0.5) is 5.69 Å². The number of amides is 2. The summed E-state index contributed by atoms with van der Waals surface area (Å²) in [6, 6.07) is 5.59. The summed E-state index contributed by atoms with van der Waals surface area (Å²) in [6.07, 6.45) is 2.07. The van der Waals surface area contributed by atoms with E-state index in [9.17, 15) is 9.59 Å². The number of hydrogen-bond acceptors (Lipinski definition) is 3. The van der Waals surface area contributed by atoms with E-state index in [4.69, 9.17) is 0 Å². The third-order valence-electron chi connectivity index (χ3n) is 4.19. The Hall–Kier alpha value is -2.15. The number of carbonyl (C=O) groups is 2. The zero-order valence-electron chi connectivity index (χ0n) is 14.4. The molecule has 2 amide bonds. The van der Waals surface area contributed by atoms with Gasteiger partial charge in [0.15, 0.2) is 5.69 Å². The van der Waals surface area contributed by atoms with Crippen molar-refractivity contribution in [2.24, 2.45) is 0 Å². The number of aryl methyl sites for hydroxylation is 1. The van der Waals surface area contributed by atoms with Crippen molar-refractivity contribution in [1.82, 2.24) is 15.5 Å². The van der Waals surface area contributed by atoms with E-state index >= 15 is 0 Å². The molecule has 1 aliphatic rings. The van der Waals surface area contributed by atoms with Gasteiger partial charge in [0.1, 0.15) is 0 Å². The average molecular weight is 405 g/mol. The first kappa shape index (κ1) is 17.7. The van der Waals surface area contributed by atoms with Gasteiger partial charge in [-0.05, 0) is 59.3 Å². The molecule has 0 spiro atoms. The predicted octanol–water partition coefficient (Wildman–Crippen LogP) is 3.75. The lowest BCUT2D eigenvalue weighted by Gasteiger charge is -2.10. The van der Waals surface area contributed by atoms with Gasteiger partial charge in [-0.15, -0.1) is 0 Å². The molecule has 0 bridgehead atoms. The van der Waals surface area contributed by atoms with E-state index in [1.165, 1.54) is 0 Å². The first-order valence-corrected chi connectivity index (χ1v) is 9.12. The van der Waals surface area contributed by atoms with Gasteiger partial charge in [-0.1, -0.05) is 19.9 Å². The van der Waals surface area contributed by atoms with Crippen LogP contribution in [0.2, 0.25) is 0 Å². The molecule has 1 aliphatic carbocycles. The number of aromatic nitrogens is 2. The molecular weight excluding hydrogens is 384 g/mol. The zero-order valence-corrected chi connectivity index (χ0v) is 16.0. The summed E-state index contributed by atoms with van der Waals surface area (Å²) in [4.78, 5) is 24.8. The third kappa shape index (κ3) is 3.92. The number of benzene rings is 1. The van der Waals surface area contributed by atoms with Crippen LogP contribution in [0.5, 0.6) is 0 Å². The fraction of sp³-hybridized carbons (Fsp3) is 0.389. The SMILES string of the molecule is Cc1ccc(C(=O)NC2CC2)cc1NC(=O)c1n[nH]c(C(C)C)c1Br. The molecule has 7 heteroatoms. The third-order valence-corrected chi connectivity index (χ3v) is 4.99. The van der Waals surface area contributed by atoms with Crippen LogP contribution in [0.3, 0.4) is 0 Å². The van der Waals surface area contributed by atoms with Crippen LogP contribution in [0.25, 0.3) is 0 Å². The minimum atomic E-state index is -0.321.